The standard InChI is InChI=1S/C17H16ClFN2OS/c1-9(2)23-15-6-4-11(19)8-13(15)17(22)12-7-10(18)3-5-14(12)21-16(17)20/h3-9,22H,1-2H3,(H2,20,21). The van der Waals surface area contributed by atoms with Crippen LogP contribution >= 0.6 is 23.4 Å². The first-order chi connectivity index (χ1) is 10.8. The maximum absolute atomic E-state index is 13.9. The lowest BCUT2D eigenvalue weighted by molar-refractivity contribution is 0.155. The summed E-state index contributed by atoms with van der Waals surface area (Å²) in [5.41, 5.74) is 5.74. The summed E-state index contributed by atoms with van der Waals surface area (Å²) in [6.07, 6.45) is 0. The Morgan fingerprint density at radius 3 is 2.65 bits per heavy atom. The number of hydrogen-bond donors (Lipinski definition) is 2. The Morgan fingerprint density at radius 1 is 1.22 bits per heavy atom. The van der Waals surface area contributed by atoms with Crippen molar-refractivity contribution in [3.8, 4) is 0 Å². The minimum atomic E-state index is -1.68. The highest BCUT2D eigenvalue weighted by atomic mass is 35.5. The van der Waals surface area contributed by atoms with E-state index in [1.807, 2.05) is 13.8 Å². The second-order valence-corrected chi connectivity index (χ2v) is 7.73. The predicted molar refractivity (Wildman–Crippen MR) is 93.1 cm³/mol. The molecule has 0 fully saturated rings. The minimum absolute atomic E-state index is 0.0194. The van der Waals surface area contributed by atoms with Gasteiger partial charge < -0.3 is 10.8 Å². The van der Waals surface area contributed by atoms with E-state index in [-0.39, 0.29) is 11.1 Å². The van der Waals surface area contributed by atoms with Gasteiger partial charge in [0.25, 0.3) is 0 Å². The highest BCUT2D eigenvalue weighted by molar-refractivity contribution is 8.00. The lowest BCUT2D eigenvalue weighted by Crippen LogP contribution is -2.40. The average molecular weight is 351 g/mol. The second-order valence-electron chi connectivity index (χ2n) is 5.68. The SMILES string of the molecule is CC(C)Sc1ccc(F)cc1C1(O)C(N)=Nc2ccc(Cl)cc21. The van der Waals surface area contributed by atoms with Gasteiger partial charge >= 0.3 is 0 Å². The van der Waals surface area contributed by atoms with Gasteiger partial charge in [0, 0.05) is 26.3 Å². The number of hydrogen-bond acceptors (Lipinski definition) is 4. The fraction of sp³-hybridized carbons (Fsp3) is 0.235. The van der Waals surface area contributed by atoms with Crippen LogP contribution < -0.4 is 5.73 Å². The van der Waals surface area contributed by atoms with Crippen LogP contribution in [0.25, 0.3) is 0 Å². The normalized spacial score (nSPS) is 19.8. The zero-order chi connectivity index (χ0) is 16.8. The number of nitrogens with zero attached hydrogens (tertiary/aromatic N) is 1. The van der Waals surface area contributed by atoms with E-state index in [0.717, 1.165) is 4.90 Å². The van der Waals surface area contributed by atoms with Crippen molar-refractivity contribution in [2.24, 2.45) is 10.7 Å². The van der Waals surface area contributed by atoms with E-state index in [2.05, 4.69) is 4.99 Å². The van der Waals surface area contributed by atoms with Gasteiger partial charge in [-0.15, -0.1) is 11.8 Å². The quantitative estimate of drug-likeness (QED) is 0.815. The molecule has 1 heterocycles. The Hall–Kier alpha value is -1.56. The van der Waals surface area contributed by atoms with Crippen LogP contribution in [0.5, 0.6) is 0 Å². The van der Waals surface area contributed by atoms with Crippen molar-refractivity contribution in [3.63, 3.8) is 0 Å². The number of aliphatic hydroxyl groups is 1. The van der Waals surface area contributed by atoms with E-state index in [0.29, 0.717) is 21.8 Å². The lowest BCUT2D eigenvalue weighted by atomic mass is 9.86. The molecule has 0 saturated carbocycles. The Kier molecular flexibility index (Phi) is 4.12. The monoisotopic (exact) mass is 350 g/mol. The predicted octanol–water partition coefficient (Wildman–Crippen LogP) is 4.22. The van der Waals surface area contributed by atoms with Crippen molar-refractivity contribution in [2.75, 3.05) is 0 Å². The number of fused-ring (bicyclic) bond motifs is 1. The molecule has 1 atom stereocenters. The molecule has 1 aliphatic rings. The van der Waals surface area contributed by atoms with E-state index >= 15 is 0 Å². The van der Waals surface area contributed by atoms with Crippen molar-refractivity contribution in [1.29, 1.82) is 0 Å². The molecule has 3 rings (SSSR count). The third-order valence-electron chi connectivity index (χ3n) is 3.65. The van der Waals surface area contributed by atoms with Crippen LogP contribution in [-0.2, 0) is 5.60 Å². The molecule has 3 nitrogen and oxygen atoms in total. The Bertz CT molecular complexity index is 809. The fourth-order valence-corrected chi connectivity index (χ4v) is 3.83. The molecule has 0 aliphatic carbocycles. The van der Waals surface area contributed by atoms with E-state index in [4.69, 9.17) is 17.3 Å². The molecular weight excluding hydrogens is 335 g/mol. The summed E-state index contributed by atoms with van der Waals surface area (Å²) in [6, 6.07) is 9.33. The van der Waals surface area contributed by atoms with Gasteiger partial charge in [0.15, 0.2) is 5.60 Å². The Labute approximate surface area is 143 Å². The molecule has 2 aromatic carbocycles. The molecule has 0 radical (unpaired) electrons. The average Bonchev–Trinajstić information content (AvgIpc) is 2.73. The first kappa shape index (κ1) is 16.3. The number of thioether (sulfide) groups is 1. The molecule has 1 aliphatic heterocycles. The van der Waals surface area contributed by atoms with Gasteiger partial charge in [-0.05, 0) is 36.4 Å². The molecule has 6 heteroatoms. The van der Waals surface area contributed by atoms with Gasteiger partial charge in [0.1, 0.15) is 11.7 Å². The van der Waals surface area contributed by atoms with Gasteiger partial charge in [0.05, 0.1) is 5.69 Å². The van der Waals surface area contributed by atoms with Crippen molar-refractivity contribution < 1.29 is 9.50 Å². The molecule has 0 aromatic heterocycles. The molecule has 0 saturated heterocycles. The Morgan fingerprint density at radius 2 is 1.96 bits per heavy atom. The van der Waals surface area contributed by atoms with Crippen LogP contribution in [0.2, 0.25) is 5.02 Å². The maximum Gasteiger partial charge on any atom is 0.175 e. The summed E-state index contributed by atoms with van der Waals surface area (Å²) >= 11 is 7.59. The van der Waals surface area contributed by atoms with Crippen LogP contribution in [-0.4, -0.2) is 16.2 Å². The first-order valence-corrected chi connectivity index (χ1v) is 8.42. The summed E-state index contributed by atoms with van der Waals surface area (Å²) < 4.78 is 13.9. The van der Waals surface area contributed by atoms with Crippen LogP contribution in [0.15, 0.2) is 46.3 Å². The zero-order valence-electron chi connectivity index (χ0n) is 12.7. The molecule has 0 spiro atoms. The first-order valence-electron chi connectivity index (χ1n) is 7.16. The van der Waals surface area contributed by atoms with Gasteiger partial charge in [0.2, 0.25) is 0 Å². The molecule has 0 amide bonds. The summed E-state index contributed by atoms with van der Waals surface area (Å²) in [6.45, 7) is 4.05. The Balaban J connectivity index is 2.24. The van der Waals surface area contributed by atoms with Crippen molar-refractivity contribution in [1.82, 2.24) is 0 Å². The van der Waals surface area contributed by atoms with Gasteiger partial charge in [-0.1, -0.05) is 25.4 Å². The van der Waals surface area contributed by atoms with Crippen LogP contribution in [0.1, 0.15) is 25.0 Å². The number of benzene rings is 2. The van der Waals surface area contributed by atoms with Gasteiger partial charge in [-0.3, -0.25) is 0 Å². The van der Waals surface area contributed by atoms with E-state index in [1.165, 1.54) is 23.9 Å². The van der Waals surface area contributed by atoms with Crippen molar-refractivity contribution in [2.45, 2.75) is 29.6 Å². The molecule has 0 bridgehead atoms. The minimum Gasteiger partial charge on any atom is -0.384 e. The molecular formula is C17H16ClFN2OS. The molecule has 120 valence electrons. The van der Waals surface area contributed by atoms with Crippen LogP contribution in [0.4, 0.5) is 10.1 Å². The molecule has 23 heavy (non-hydrogen) atoms. The fourth-order valence-electron chi connectivity index (χ4n) is 2.67. The van der Waals surface area contributed by atoms with E-state index in [9.17, 15) is 9.50 Å². The second kappa shape index (κ2) is 5.82. The molecule has 2 aromatic rings. The van der Waals surface area contributed by atoms with Crippen LogP contribution in [0.3, 0.4) is 0 Å². The molecule has 3 N–H and O–H groups in total. The van der Waals surface area contributed by atoms with Gasteiger partial charge in [-0.2, -0.15) is 0 Å². The topological polar surface area (TPSA) is 58.6 Å². The summed E-state index contributed by atoms with van der Waals surface area (Å²) in [7, 11) is 0. The third-order valence-corrected chi connectivity index (χ3v) is 4.97. The van der Waals surface area contributed by atoms with Crippen LogP contribution in [0, 0.1) is 5.82 Å². The number of aliphatic imine (C=N–C) groups is 1. The van der Waals surface area contributed by atoms with Gasteiger partial charge in [-0.25, -0.2) is 9.38 Å². The maximum atomic E-state index is 13.9. The summed E-state index contributed by atoms with van der Waals surface area (Å²) in [5, 5.41) is 12.1. The highest BCUT2D eigenvalue weighted by Gasteiger charge is 2.44. The summed E-state index contributed by atoms with van der Waals surface area (Å²) in [5.74, 6) is -0.421. The number of nitrogens with two attached hydrogens (primary N) is 1. The van der Waals surface area contributed by atoms with E-state index < -0.39 is 11.4 Å². The van der Waals surface area contributed by atoms with Crippen molar-refractivity contribution in [3.05, 3.63) is 58.4 Å². The highest BCUT2D eigenvalue weighted by Crippen LogP contribution is 2.46. The molecule has 1 unspecified atom stereocenters. The number of halogens is 2. The number of rotatable bonds is 3. The smallest absolute Gasteiger partial charge is 0.175 e. The zero-order valence-corrected chi connectivity index (χ0v) is 14.2. The van der Waals surface area contributed by atoms with E-state index in [1.54, 1.807) is 24.3 Å². The lowest BCUT2D eigenvalue weighted by Gasteiger charge is -2.27. The van der Waals surface area contributed by atoms with Crippen molar-refractivity contribution >= 4 is 34.9 Å². The largest absolute Gasteiger partial charge is 0.384 e. The third kappa shape index (κ3) is 2.73. The summed E-state index contributed by atoms with van der Waals surface area (Å²) in [4.78, 5) is 4.99. The number of amidine groups is 1.